The topological polar surface area (TPSA) is 126 Å². The number of rotatable bonds is 9. The van der Waals surface area contributed by atoms with Crippen LogP contribution in [0.5, 0.6) is 0 Å². The highest BCUT2D eigenvalue weighted by atomic mass is 19.1. The van der Waals surface area contributed by atoms with Gasteiger partial charge in [-0.3, -0.25) is 14.6 Å². The number of ketones is 1. The molecule has 0 spiro atoms. The first-order chi connectivity index (χ1) is 29.9. The first-order valence-electron chi connectivity index (χ1n) is 21.1. The molecule has 8 rings (SSSR count). The lowest BCUT2D eigenvalue weighted by molar-refractivity contribution is 0.0600. The molecule has 0 aliphatic carbocycles. The van der Waals surface area contributed by atoms with Crippen LogP contribution in [0.15, 0.2) is 97.3 Å². The van der Waals surface area contributed by atoms with Crippen LogP contribution in [0.3, 0.4) is 0 Å². The summed E-state index contributed by atoms with van der Waals surface area (Å²) in [7, 11) is 5.20. The molecule has 0 saturated carbocycles. The highest BCUT2D eigenvalue weighted by Crippen LogP contribution is 2.29. The van der Waals surface area contributed by atoms with Crippen molar-refractivity contribution in [1.29, 1.82) is 0 Å². The smallest absolute Gasteiger partial charge is 0.337 e. The molecule has 4 aromatic carbocycles. The van der Waals surface area contributed by atoms with Crippen LogP contribution in [-0.4, -0.2) is 82.6 Å². The van der Waals surface area contributed by atoms with Crippen LogP contribution < -0.4 is 15.5 Å². The van der Waals surface area contributed by atoms with Gasteiger partial charge in [0.1, 0.15) is 11.6 Å². The predicted molar refractivity (Wildman–Crippen MR) is 237 cm³/mol. The Kier molecular flexibility index (Phi) is 13.7. The summed E-state index contributed by atoms with van der Waals surface area (Å²) in [5, 5.41) is 2.03. The molecule has 6 aromatic rings. The zero-order valence-corrected chi connectivity index (χ0v) is 35.5. The van der Waals surface area contributed by atoms with E-state index in [1.807, 2.05) is 94.0 Å². The second-order valence-electron chi connectivity index (χ2n) is 15.9. The molecule has 62 heavy (non-hydrogen) atoms. The van der Waals surface area contributed by atoms with Crippen molar-refractivity contribution < 1.29 is 32.7 Å². The Labute approximate surface area is 360 Å². The molecule has 2 aromatic heterocycles. The van der Waals surface area contributed by atoms with Crippen LogP contribution in [0.1, 0.15) is 70.4 Å². The fourth-order valence-corrected chi connectivity index (χ4v) is 8.15. The van der Waals surface area contributed by atoms with Crippen LogP contribution in [-0.2, 0) is 31.9 Å². The Bertz CT molecular complexity index is 2410. The van der Waals surface area contributed by atoms with E-state index in [1.54, 1.807) is 28.0 Å². The summed E-state index contributed by atoms with van der Waals surface area (Å²) in [5.41, 5.74) is 10.0. The van der Waals surface area contributed by atoms with Crippen molar-refractivity contribution in [2.24, 2.45) is 19.8 Å². The molecule has 14 heteroatoms. The second-order valence-corrected chi connectivity index (χ2v) is 15.9. The highest BCUT2D eigenvalue weighted by molar-refractivity contribution is 5.98. The van der Waals surface area contributed by atoms with Crippen LogP contribution >= 0.6 is 0 Å². The number of nitrogens with zero attached hydrogens (tertiary/aromatic N) is 6. The van der Waals surface area contributed by atoms with Crippen LogP contribution in [0.4, 0.5) is 29.7 Å². The average Bonchev–Trinajstić information content (AvgIpc) is 3.88. The molecule has 0 radical (unpaired) electrons. The van der Waals surface area contributed by atoms with Gasteiger partial charge in [0.25, 0.3) is 0 Å². The zero-order valence-electron chi connectivity index (χ0n) is 35.5. The van der Waals surface area contributed by atoms with Gasteiger partial charge in [-0.1, -0.05) is 18.2 Å². The number of aromatic nitrogens is 2. The second kappa shape index (κ2) is 19.4. The quantitative estimate of drug-likeness (QED) is 0.115. The van der Waals surface area contributed by atoms with Gasteiger partial charge in [-0.05, 0) is 105 Å². The minimum absolute atomic E-state index is 0.0704. The molecule has 0 bridgehead atoms. The van der Waals surface area contributed by atoms with E-state index in [2.05, 4.69) is 4.74 Å². The highest BCUT2D eigenvalue weighted by Gasteiger charge is 2.27. The largest absolute Gasteiger partial charge is 0.465 e. The number of Topliss-reactive ketones (excluding diaryl/α,β-unsaturated/α-hetero) is 1. The number of piperidine rings is 2. The van der Waals surface area contributed by atoms with Crippen molar-refractivity contribution in [2.75, 3.05) is 49.6 Å². The number of aryl methyl sites for hydroxylation is 2. The Morgan fingerprint density at radius 2 is 1.03 bits per heavy atom. The van der Waals surface area contributed by atoms with E-state index in [4.69, 9.17) is 5.73 Å². The summed E-state index contributed by atoms with van der Waals surface area (Å²) in [6.45, 7) is 2.79. The molecule has 4 heterocycles. The maximum absolute atomic E-state index is 14.8. The Balaban J connectivity index is 0.000000186. The standard InChI is InChI=1S/C24H27FN4O2.C24H26FN3O3/c1-27-12-9-17-13-20(7-8-22(17)27)29(24(31)28-10-3-2-4-11-28)16-19-6-5-18(14-21(19)25)23(30)15-26;1-26-13-10-17-14-20(8-9-22(17)26)28(24(30)27-11-4-3-5-12-27)16-19-7-6-18(15-21(19)25)23(29)31-2/h5-9,12-14H,2-4,10-11,15-16,26H2,1H3;6-10,13-15H,3-5,11-12,16H2,1-2H3. The molecular weight excluding hydrogens is 793 g/mol. The number of fused-ring (bicyclic) bond motifs is 2. The number of benzene rings is 4. The summed E-state index contributed by atoms with van der Waals surface area (Å²) < 4.78 is 38.4. The number of ether oxygens (including phenoxy) is 1. The number of urea groups is 2. The number of carbonyl (C=O) groups is 4. The van der Waals surface area contributed by atoms with Gasteiger partial charge in [0, 0.05) is 103 Å². The Morgan fingerprint density at radius 1 is 0.597 bits per heavy atom. The van der Waals surface area contributed by atoms with Gasteiger partial charge in [-0.25, -0.2) is 23.2 Å². The number of carbonyl (C=O) groups excluding carboxylic acids is 4. The summed E-state index contributed by atoms with van der Waals surface area (Å²) in [5.74, 6) is -1.97. The summed E-state index contributed by atoms with van der Waals surface area (Å²) >= 11 is 0. The molecule has 2 aliphatic rings. The molecule has 4 amide bonds. The maximum atomic E-state index is 14.8. The number of methoxy groups -OCH3 is 1. The van der Waals surface area contributed by atoms with E-state index in [-0.39, 0.29) is 48.6 Å². The number of nitrogens with two attached hydrogens (primary N) is 1. The van der Waals surface area contributed by atoms with Crippen LogP contribution in [0.25, 0.3) is 21.8 Å². The SMILES string of the molecule is COC(=O)c1ccc(CN(C(=O)N2CCCCC2)c2ccc3c(ccn3C)c2)c(F)c1.Cn1ccc2cc(N(Cc3ccc(C(=O)CN)cc3F)C(=O)N3CCCCC3)ccc21. The number of hydrogen-bond acceptors (Lipinski definition) is 6. The van der Waals surface area contributed by atoms with Crippen molar-refractivity contribution in [3.05, 3.63) is 131 Å². The van der Waals surface area contributed by atoms with Gasteiger partial charge in [0.05, 0.1) is 32.3 Å². The number of anilines is 2. The summed E-state index contributed by atoms with van der Waals surface area (Å²) in [6, 6.07) is 23.9. The summed E-state index contributed by atoms with van der Waals surface area (Å²) in [4.78, 5) is 57.3. The minimum Gasteiger partial charge on any atom is -0.465 e. The fraction of sp³-hybridized carbons (Fsp3) is 0.333. The van der Waals surface area contributed by atoms with Crippen molar-refractivity contribution in [1.82, 2.24) is 18.9 Å². The van der Waals surface area contributed by atoms with Gasteiger partial charge in [0.2, 0.25) is 0 Å². The number of esters is 1. The lowest BCUT2D eigenvalue weighted by Gasteiger charge is -2.33. The third-order valence-corrected chi connectivity index (χ3v) is 11.8. The molecule has 2 aliphatic heterocycles. The minimum atomic E-state index is -0.596. The van der Waals surface area contributed by atoms with Gasteiger partial charge in [-0.15, -0.1) is 0 Å². The molecule has 2 N–H and O–H groups in total. The first-order valence-corrected chi connectivity index (χ1v) is 21.1. The van der Waals surface area contributed by atoms with Crippen molar-refractivity contribution in [3.8, 4) is 0 Å². The summed E-state index contributed by atoms with van der Waals surface area (Å²) in [6.07, 6.45) is 10.1. The van der Waals surface area contributed by atoms with Gasteiger partial charge in [-0.2, -0.15) is 0 Å². The lowest BCUT2D eigenvalue weighted by atomic mass is 10.1. The van der Waals surface area contributed by atoms with E-state index < -0.39 is 17.6 Å². The molecule has 2 fully saturated rings. The maximum Gasteiger partial charge on any atom is 0.337 e. The van der Waals surface area contributed by atoms with Crippen molar-refractivity contribution >= 4 is 57.0 Å². The molecule has 324 valence electrons. The number of likely N-dealkylation sites (tertiary alicyclic amines) is 2. The number of amides is 4. The van der Waals surface area contributed by atoms with E-state index >= 15 is 0 Å². The van der Waals surface area contributed by atoms with Gasteiger partial charge >= 0.3 is 18.0 Å². The molecule has 0 unspecified atom stereocenters. The number of hydrogen-bond donors (Lipinski definition) is 1. The van der Waals surface area contributed by atoms with Crippen molar-refractivity contribution in [3.63, 3.8) is 0 Å². The van der Waals surface area contributed by atoms with E-state index in [1.165, 1.54) is 19.2 Å². The fourth-order valence-electron chi connectivity index (χ4n) is 8.15. The Hall–Kier alpha value is -6.54. The molecule has 2 saturated heterocycles. The van der Waals surface area contributed by atoms with Gasteiger partial charge < -0.3 is 29.4 Å². The number of halogens is 2. The Morgan fingerprint density at radius 3 is 1.45 bits per heavy atom. The molecule has 0 atom stereocenters. The zero-order chi connectivity index (χ0) is 43.9. The third kappa shape index (κ3) is 9.65. The van der Waals surface area contributed by atoms with Crippen molar-refractivity contribution in [2.45, 2.75) is 51.6 Å². The normalized spacial score (nSPS) is 14.0. The van der Waals surface area contributed by atoms with E-state index in [0.29, 0.717) is 43.0 Å². The molecular formula is C48H53F2N7O5. The first kappa shape index (κ1) is 43.5. The van der Waals surface area contributed by atoms with E-state index in [9.17, 15) is 28.0 Å². The molecule has 12 nitrogen and oxygen atoms in total. The third-order valence-electron chi connectivity index (χ3n) is 11.8. The average molecular weight is 846 g/mol. The lowest BCUT2D eigenvalue weighted by Crippen LogP contribution is -2.45. The van der Waals surface area contributed by atoms with Crippen LogP contribution in [0, 0.1) is 11.6 Å². The van der Waals surface area contributed by atoms with Crippen LogP contribution in [0.2, 0.25) is 0 Å². The van der Waals surface area contributed by atoms with Gasteiger partial charge in [0.15, 0.2) is 5.78 Å². The monoisotopic (exact) mass is 845 g/mol. The van der Waals surface area contributed by atoms with E-state index in [0.717, 1.165) is 72.1 Å². The predicted octanol–water partition coefficient (Wildman–Crippen LogP) is 8.79.